The second-order valence-electron chi connectivity index (χ2n) is 4.50. The normalized spacial score (nSPS) is 12.2. The number of nitrogens with two attached hydrogens (primary N) is 1. The summed E-state index contributed by atoms with van der Waals surface area (Å²) in [5.41, 5.74) is 6.77. The van der Waals surface area contributed by atoms with Crippen LogP contribution in [-0.4, -0.2) is 21.5 Å². The number of benzene rings is 1. The molecule has 0 saturated carbocycles. The van der Waals surface area contributed by atoms with E-state index in [9.17, 15) is 5.11 Å². The molecule has 1 atom stereocenters. The molecule has 1 aromatic carbocycles. The van der Waals surface area contributed by atoms with Crippen molar-refractivity contribution in [1.82, 2.24) is 9.88 Å². The summed E-state index contributed by atoms with van der Waals surface area (Å²) in [6, 6.07) is 7.65. The third-order valence-corrected chi connectivity index (χ3v) is 4.05. The SMILES string of the molecule is CCN(Cc1cnc(N)s1)C(C)c1cccc(O)c1.Cl. The first-order valence-corrected chi connectivity index (χ1v) is 7.15. The van der Waals surface area contributed by atoms with E-state index in [0.29, 0.717) is 10.9 Å². The molecular weight excluding hydrogens is 294 g/mol. The first kappa shape index (κ1) is 16.8. The van der Waals surface area contributed by atoms with E-state index in [1.54, 1.807) is 6.07 Å². The monoisotopic (exact) mass is 313 g/mol. The van der Waals surface area contributed by atoms with Crippen LogP contribution in [0.3, 0.4) is 0 Å². The van der Waals surface area contributed by atoms with Crippen molar-refractivity contribution in [3.8, 4) is 5.75 Å². The summed E-state index contributed by atoms with van der Waals surface area (Å²) >= 11 is 1.52. The smallest absolute Gasteiger partial charge is 0.180 e. The molecule has 1 aromatic heterocycles. The van der Waals surface area contributed by atoms with Gasteiger partial charge in [-0.1, -0.05) is 19.1 Å². The molecule has 0 aliphatic carbocycles. The second-order valence-corrected chi connectivity index (χ2v) is 5.65. The number of aromatic nitrogens is 1. The lowest BCUT2D eigenvalue weighted by Gasteiger charge is -2.27. The largest absolute Gasteiger partial charge is 0.508 e. The molecule has 0 bridgehead atoms. The fourth-order valence-electron chi connectivity index (χ4n) is 2.11. The van der Waals surface area contributed by atoms with Crippen LogP contribution in [0.25, 0.3) is 0 Å². The highest BCUT2D eigenvalue weighted by Gasteiger charge is 2.16. The highest BCUT2D eigenvalue weighted by atomic mass is 35.5. The Morgan fingerprint density at radius 3 is 2.75 bits per heavy atom. The fourth-order valence-corrected chi connectivity index (χ4v) is 2.82. The van der Waals surface area contributed by atoms with E-state index in [1.165, 1.54) is 11.3 Å². The Morgan fingerprint density at radius 1 is 1.45 bits per heavy atom. The van der Waals surface area contributed by atoms with Crippen LogP contribution in [0, 0.1) is 0 Å². The first-order valence-electron chi connectivity index (χ1n) is 6.33. The molecule has 3 N–H and O–H groups in total. The standard InChI is InChI=1S/C14H19N3OS.ClH/c1-3-17(9-13-8-16-14(15)19-13)10(2)11-5-4-6-12(18)7-11;/h4-8,10,18H,3,9H2,1-2H3,(H2,15,16);1H. The van der Waals surface area contributed by atoms with Crippen LogP contribution in [0.5, 0.6) is 5.75 Å². The first-order chi connectivity index (χ1) is 9.10. The van der Waals surface area contributed by atoms with Gasteiger partial charge < -0.3 is 10.8 Å². The number of nitrogens with zero attached hydrogens (tertiary/aromatic N) is 2. The van der Waals surface area contributed by atoms with Crippen LogP contribution in [0.15, 0.2) is 30.5 Å². The molecule has 1 unspecified atom stereocenters. The summed E-state index contributed by atoms with van der Waals surface area (Å²) < 4.78 is 0. The molecule has 20 heavy (non-hydrogen) atoms. The average Bonchev–Trinajstić information content (AvgIpc) is 2.81. The highest BCUT2D eigenvalue weighted by Crippen LogP contribution is 2.26. The second kappa shape index (κ2) is 7.47. The van der Waals surface area contributed by atoms with Gasteiger partial charge in [-0.2, -0.15) is 0 Å². The van der Waals surface area contributed by atoms with E-state index < -0.39 is 0 Å². The van der Waals surface area contributed by atoms with Crippen molar-refractivity contribution in [2.75, 3.05) is 12.3 Å². The maximum Gasteiger partial charge on any atom is 0.180 e. The van der Waals surface area contributed by atoms with Gasteiger partial charge in [0.25, 0.3) is 0 Å². The highest BCUT2D eigenvalue weighted by molar-refractivity contribution is 7.15. The van der Waals surface area contributed by atoms with E-state index in [4.69, 9.17) is 5.73 Å². The van der Waals surface area contributed by atoms with Crippen molar-refractivity contribution in [2.45, 2.75) is 26.4 Å². The zero-order chi connectivity index (χ0) is 13.8. The fraction of sp³-hybridized carbons (Fsp3) is 0.357. The summed E-state index contributed by atoms with van der Waals surface area (Å²) in [6.45, 7) is 6.02. The number of rotatable bonds is 5. The molecular formula is C14H20ClN3OS. The number of anilines is 1. The molecule has 0 fully saturated rings. The predicted octanol–water partition coefficient (Wildman–Crippen LogP) is 3.44. The number of phenolic OH excluding ortho intramolecular Hbond substituents is 1. The van der Waals surface area contributed by atoms with Gasteiger partial charge in [-0.3, -0.25) is 4.90 Å². The van der Waals surface area contributed by atoms with Crippen molar-refractivity contribution in [1.29, 1.82) is 0 Å². The van der Waals surface area contributed by atoms with Gasteiger partial charge in [0, 0.05) is 23.7 Å². The number of hydrogen-bond donors (Lipinski definition) is 2. The summed E-state index contributed by atoms with van der Waals surface area (Å²) in [6.07, 6.45) is 1.83. The van der Waals surface area contributed by atoms with Gasteiger partial charge in [0.1, 0.15) is 5.75 Å². The number of nitrogen functional groups attached to an aromatic ring is 1. The Kier molecular flexibility index (Phi) is 6.26. The minimum Gasteiger partial charge on any atom is -0.508 e. The molecule has 0 aliphatic rings. The van der Waals surface area contributed by atoms with Crippen LogP contribution in [-0.2, 0) is 6.54 Å². The molecule has 2 rings (SSSR count). The molecule has 110 valence electrons. The molecule has 2 aromatic rings. The molecule has 0 radical (unpaired) electrons. The van der Waals surface area contributed by atoms with Crippen molar-refractivity contribution in [2.24, 2.45) is 0 Å². The third-order valence-electron chi connectivity index (χ3n) is 3.24. The topological polar surface area (TPSA) is 62.4 Å². The summed E-state index contributed by atoms with van der Waals surface area (Å²) in [4.78, 5) is 7.56. The van der Waals surface area contributed by atoms with Gasteiger partial charge in [-0.25, -0.2) is 4.98 Å². The van der Waals surface area contributed by atoms with Gasteiger partial charge in [-0.15, -0.1) is 23.7 Å². The molecule has 0 aliphatic heterocycles. The van der Waals surface area contributed by atoms with Crippen LogP contribution in [0.1, 0.15) is 30.3 Å². The van der Waals surface area contributed by atoms with E-state index in [1.807, 2.05) is 24.4 Å². The number of hydrogen-bond acceptors (Lipinski definition) is 5. The maximum atomic E-state index is 9.57. The van der Waals surface area contributed by atoms with Gasteiger partial charge >= 0.3 is 0 Å². The van der Waals surface area contributed by atoms with Crippen molar-refractivity contribution in [3.63, 3.8) is 0 Å². The molecule has 0 amide bonds. The number of halogens is 1. The molecule has 0 spiro atoms. The van der Waals surface area contributed by atoms with E-state index in [2.05, 4.69) is 23.7 Å². The number of thiazole rings is 1. The summed E-state index contributed by atoms with van der Waals surface area (Å²) in [5.74, 6) is 0.308. The lowest BCUT2D eigenvalue weighted by Crippen LogP contribution is -2.25. The Hall–Kier alpha value is -1.30. The Bertz CT molecular complexity index is 547. The van der Waals surface area contributed by atoms with E-state index >= 15 is 0 Å². The van der Waals surface area contributed by atoms with Crippen molar-refractivity contribution >= 4 is 28.9 Å². The van der Waals surface area contributed by atoms with Crippen LogP contribution >= 0.6 is 23.7 Å². The lowest BCUT2D eigenvalue weighted by atomic mass is 10.1. The minimum absolute atomic E-state index is 0. The van der Waals surface area contributed by atoms with Crippen LogP contribution in [0.2, 0.25) is 0 Å². The molecule has 1 heterocycles. The van der Waals surface area contributed by atoms with Crippen LogP contribution < -0.4 is 5.73 Å². The van der Waals surface area contributed by atoms with Gasteiger partial charge in [0.2, 0.25) is 0 Å². The van der Waals surface area contributed by atoms with Crippen molar-refractivity contribution < 1.29 is 5.11 Å². The zero-order valence-corrected chi connectivity index (χ0v) is 13.2. The zero-order valence-electron chi connectivity index (χ0n) is 11.6. The van der Waals surface area contributed by atoms with E-state index in [0.717, 1.165) is 23.5 Å². The van der Waals surface area contributed by atoms with Gasteiger partial charge in [0.15, 0.2) is 5.13 Å². The van der Waals surface area contributed by atoms with Crippen molar-refractivity contribution in [3.05, 3.63) is 40.9 Å². The third kappa shape index (κ3) is 4.10. The minimum atomic E-state index is 0. The molecule has 6 heteroatoms. The number of aromatic hydroxyl groups is 1. The van der Waals surface area contributed by atoms with Gasteiger partial charge in [-0.05, 0) is 31.2 Å². The average molecular weight is 314 g/mol. The quantitative estimate of drug-likeness (QED) is 0.887. The van der Waals surface area contributed by atoms with E-state index in [-0.39, 0.29) is 18.4 Å². The summed E-state index contributed by atoms with van der Waals surface area (Å²) in [5, 5.41) is 10.2. The number of phenols is 1. The summed E-state index contributed by atoms with van der Waals surface area (Å²) in [7, 11) is 0. The molecule has 4 nitrogen and oxygen atoms in total. The van der Waals surface area contributed by atoms with Gasteiger partial charge in [0.05, 0.1) is 0 Å². The molecule has 0 saturated heterocycles. The predicted molar refractivity (Wildman–Crippen MR) is 86.4 cm³/mol. The van der Waals surface area contributed by atoms with Crippen LogP contribution in [0.4, 0.5) is 5.13 Å². The Labute approximate surface area is 129 Å². The Morgan fingerprint density at radius 2 is 2.20 bits per heavy atom. The Balaban J connectivity index is 0.00000200. The maximum absolute atomic E-state index is 9.57. The lowest BCUT2D eigenvalue weighted by molar-refractivity contribution is 0.214.